The van der Waals surface area contributed by atoms with Gasteiger partial charge in [-0.3, -0.25) is 10.1 Å². The molecule has 31 heavy (non-hydrogen) atoms. The number of hydrogen-bond acceptors (Lipinski definition) is 5. The highest BCUT2D eigenvalue weighted by atomic mass is 32.1. The normalized spacial score (nSPS) is 11.0. The Morgan fingerprint density at radius 3 is 2.65 bits per heavy atom. The van der Waals surface area contributed by atoms with Crippen LogP contribution in [0.5, 0.6) is 0 Å². The molecule has 5 aromatic rings. The molecule has 2 heterocycles. The molecule has 3 aromatic carbocycles. The zero-order chi connectivity index (χ0) is 21.4. The van der Waals surface area contributed by atoms with Crippen molar-refractivity contribution in [1.82, 2.24) is 10.3 Å². The highest BCUT2D eigenvalue weighted by Gasteiger charge is 2.14. The lowest BCUT2D eigenvalue weighted by atomic mass is 10.1. The number of thiazole rings is 1. The zero-order valence-corrected chi connectivity index (χ0v) is 18.1. The number of carbonyl (C=O) groups is 1. The molecule has 2 aromatic heterocycles. The number of thiocarbonyl (C=S) groups is 1. The van der Waals surface area contributed by atoms with Gasteiger partial charge in [-0.15, -0.1) is 11.3 Å². The van der Waals surface area contributed by atoms with E-state index in [0.29, 0.717) is 5.58 Å². The van der Waals surface area contributed by atoms with Crippen LogP contribution in [-0.2, 0) is 0 Å². The molecule has 0 unspecified atom stereocenters. The zero-order valence-electron chi connectivity index (χ0n) is 16.5. The lowest BCUT2D eigenvalue weighted by Gasteiger charge is -2.12. The van der Waals surface area contributed by atoms with Gasteiger partial charge in [0.05, 0.1) is 10.2 Å². The van der Waals surface area contributed by atoms with Gasteiger partial charge in [-0.05, 0) is 67.2 Å². The van der Waals surface area contributed by atoms with Crippen LogP contribution in [0.2, 0.25) is 0 Å². The van der Waals surface area contributed by atoms with Crippen molar-refractivity contribution in [1.29, 1.82) is 0 Å². The maximum atomic E-state index is 12.5. The lowest BCUT2D eigenvalue weighted by Crippen LogP contribution is -2.34. The molecule has 1 amide bonds. The van der Waals surface area contributed by atoms with Gasteiger partial charge in [-0.2, -0.15) is 0 Å². The summed E-state index contributed by atoms with van der Waals surface area (Å²) in [4.78, 5) is 17.2. The maximum Gasteiger partial charge on any atom is 0.293 e. The minimum absolute atomic E-state index is 0.210. The first-order valence-electron chi connectivity index (χ1n) is 9.64. The number of anilines is 1. The highest BCUT2D eigenvalue weighted by molar-refractivity contribution is 7.80. The predicted octanol–water partition coefficient (Wildman–Crippen LogP) is 6.14. The number of hydrogen-bond donors (Lipinski definition) is 2. The second kappa shape index (κ2) is 7.94. The molecular formula is C24H17N3O2S2. The molecule has 0 fully saturated rings. The summed E-state index contributed by atoms with van der Waals surface area (Å²) in [7, 11) is 0. The summed E-state index contributed by atoms with van der Waals surface area (Å²) in [5.74, 6) is -0.175. The fourth-order valence-electron chi connectivity index (χ4n) is 3.34. The molecule has 0 aliphatic carbocycles. The van der Waals surface area contributed by atoms with Crippen molar-refractivity contribution < 1.29 is 9.21 Å². The molecule has 0 saturated heterocycles. The number of furan rings is 1. The van der Waals surface area contributed by atoms with Crippen LogP contribution >= 0.6 is 23.6 Å². The number of amides is 1. The number of rotatable bonds is 3. The number of nitrogens with one attached hydrogen (secondary N) is 2. The Morgan fingerprint density at radius 2 is 1.84 bits per heavy atom. The second-order valence-electron chi connectivity index (χ2n) is 7.07. The number of carbonyl (C=O) groups excluding carboxylic acids is 1. The number of benzene rings is 3. The summed E-state index contributed by atoms with van der Waals surface area (Å²) >= 11 is 6.99. The van der Waals surface area contributed by atoms with Crippen molar-refractivity contribution in [2.75, 3.05) is 5.32 Å². The van der Waals surface area contributed by atoms with Gasteiger partial charge in [0.25, 0.3) is 5.91 Å². The van der Waals surface area contributed by atoms with E-state index in [-0.39, 0.29) is 10.9 Å². The molecule has 7 heteroatoms. The predicted molar refractivity (Wildman–Crippen MR) is 130 cm³/mol. The van der Waals surface area contributed by atoms with Gasteiger partial charge in [0.15, 0.2) is 10.9 Å². The quantitative estimate of drug-likeness (QED) is 0.328. The van der Waals surface area contributed by atoms with E-state index in [1.165, 1.54) is 0 Å². The van der Waals surface area contributed by atoms with Crippen LogP contribution in [0.1, 0.15) is 16.1 Å². The molecule has 0 atom stereocenters. The molecule has 0 saturated carbocycles. The van der Waals surface area contributed by atoms with Crippen LogP contribution in [0.4, 0.5) is 5.69 Å². The smallest absolute Gasteiger partial charge is 0.293 e. The number of fused-ring (bicyclic) bond motifs is 2. The van der Waals surface area contributed by atoms with Crippen molar-refractivity contribution in [3.8, 4) is 10.6 Å². The van der Waals surface area contributed by atoms with Crippen molar-refractivity contribution in [2.45, 2.75) is 6.92 Å². The van der Waals surface area contributed by atoms with Gasteiger partial charge < -0.3 is 9.73 Å². The first-order valence-corrected chi connectivity index (χ1v) is 10.9. The monoisotopic (exact) mass is 443 g/mol. The van der Waals surface area contributed by atoms with Crippen LogP contribution in [0, 0.1) is 6.92 Å². The van der Waals surface area contributed by atoms with E-state index in [1.54, 1.807) is 17.4 Å². The minimum Gasteiger partial charge on any atom is -0.451 e. The Kier molecular flexibility index (Phi) is 4.97. The fraction of sp³-hybridized carbons (Fsp3) is 0.0417. The largest absolute Gasteiger partial charge is 0.451 e. The third-order valence-electron chi connectivity index (χ3n) is 4.89. The SMILES string of the molecule is Cc1cc(-c2nc3ccccc3s2)ccc1NC(=S)NC(=O)c1cc2ccccc2o1. The standard InChI is InChI=1S/C24H17N3O2S2/c1-14-12-16(23-25-18-7-3-5-9-21(18)31-23)10-11-17(14)26-24(30)27-22(28)20-13-15-6-2-4-8-19(15)29-20/h2-13H,1H3,(H2,26,27,28,30). The molecule has 152 valence electrons. The molecule has 0 spiro atoms. The average molecular weight is 444 g/mol. The number of nitrogens with zero attached hydrogens (tertiary/aromatic N) is 1. The van der Waals surface area contributed by atoms with E-state index in [4.69, 9.17) is 21.6 Å². The summed E-state index contributed by atoms with van der Waals surface area (Å²) in [5, 5.41) is 7.81. The summed E-state index contributed by atoms with van der Waals surface area (Å²) in [6.07, 6.45) is 0. The van der Waals surface area contributed by atoms with E-state index < -0.39 is 5.91 Å². The second-order valence-corrected chi connectivity index (χ2v) is 8.51. The number of para-hydroxylation sites is 2. The van der Waals surface area contributed by atoms with Gasteiger partial charge in [0, 0.05) is 16.6 Å². The average Bonchev–Trinajstić information content (AvgIpc) is 3.39. The van der Waals surface area contributed by atoms with Crippen molar-refractivity contribution >= 4 is 61.4 Å². The van der Waals surface area contributed by atoms with E-state index >= 15 is 0 Å². The van der Waals surface area contributed by atoms with Gasteiger partial charge >= 0.3 is 0 Å². The summed E-state index contributed by atoms with van der Waals surface area (Å²) in [6.45, 7) is 1.99. The Morgan fingerprint density at radius 1 is 1.03 bits per heavy atom. The molecule has 5 rings (SSSR count). The Bertz CT molecular complexity index is 1390. The highest BCUT2D eigenvalue weighted by Crippen LogP contribution is 2.32. The van der Waals surface area contributed by atoms with Crippen molar-refractivity contribution in [2.24, 2.45) is 0 Å². The fourth-order valence-corrected chi connectivity index (χ4v) is 4.51. The molecule has 5 nitrogen and oxygen atoms in total. The summed E-state index contributed by atoms with van der Waals surface area (Å²) in [5.41, 5.74) is 4.52. The Labute approximate surface area is 187 Å². The number of aryl methyl sites for hydroxylation is 1. The molecule has 0 aliphatic heterocycles. The van der Waals surface area contributed by atoms with Crippen molar-refractivity contribution in [3.05, 3.63) is 84.1 Å². The molecule has 0 bridgehead atoms. The Hall–Kier alpha value is -3.55. The summed E-state index contributed by atoms with van der Waals surface area (Å²) < 4.78 is 6.75. The summed E-state index contributed by atoms with van der Waals surface area (Å²) in [6, 6.07) is 23.3. The van der Waals surface area contributed by atoms with Crippen LogP contribution in [-0.4, -0.2) is 16.0 Å². The molecular weight excluding hydrogens is 426 g/mol. The third-order valence-corrected chi connectivity index (χ3v) is 6.18. The topological polar surface area (TPSA) is 67.2 Å². The number of aromatic nitrogens is 1. The van der Waals surface area contributed by atoms with Gasteiger partial charge in [0.1, 0.15) is 10.6 Å². The van der Waals surface area contributed by atoms with E-state index in [0.717, 1.165) is 37.4 Å². The van der Waals surface area contributed by atoms with Crippen LogP contribution < -0.4 is 10.6 Å². The van der Waals surface area contributed by atoms with Crippen LogP contribution in [0.15, 0.2) is 77.2 Å². The lowest BCUT2D eigenvalue weighted by molar-refractivity contribution is 0.0953. The molecule has 0 radical (unpaired) electrons. The van der Waals surface area contributed by atoms with Crippen LogP contribution in [0.3, 0.4) is 0 Å². The van der Waals surface area contributed by atoms with Gasteiger partial charge in [-0.25, -0.2) is 4.98 Å². The van der Waals surface area contributed by atoms with E-state index in [2.05, 4.69) is 22.8 Å². The first kappa shape index (κ1) is 19.4. The van der Waals surface area contributed by atoms with E-state index in [1.807, 2.05) is 61.5 Å². The first-order chi connectivity index (χ1) is 15.1. The van der Waals surface area contributed by atoms with Crippen LogP contribution in [0.25, 0.3) is 31.8 Å². The minimum atomic E-state index is -0.391. The molecule has 2 N–H and O–H groups in total. The van der Waals surface area contributed by atoms with E-state index in [9.17, 15) is 4.79 Å². The third kappa shape index (κ3) is 3.93. The molecule has 0 aliphatic rings. The Balaban J connectivity index is 1.30. The van der Waals surface area contributed by atoms with Gasteiger partial charge in [-0.1, -0.05) is 30.3 Å². The van der Waals surface area contributed by atoms with Crippen molar-refractivity contribution in [3.63, 3.8) is 0 Å². The maximum absolute atomic E-state index is 12.5. The van der Waals surface area contributed by atoms with Gasteiger partial charge in [0.2, 0.25) is 0 Å².